The first kappa shape index (κ1) is 16.2. The first-order chi connectivity index (χ1) is 12.0. The SMILES string of the molecule is O=C(Nc1ccc(Oc2ccccc2)cc1)c1cc(O)c(O)c(O)c1. The highest BCUT2D eigenvalue weighted by atomic mass is 16.5. The molecule has 3 aromatic rings. The van der Waals surface area contributed by atoms with Gasteiger partial charge in [-0.3, -0.25) is 4.79 Å². The number of amides is 1. The average molecular weight is 337 g/mol. The molecule has 25 heavy (non-hydrogen) atoms. The summed E-state index contributed by atoms with van der Waals surface area (Å²) in [6.07, 6.45) is 0. The molecule has 0 bridgehead atoms. The molecule has 0 aliphatic carbocycles. The molecule has 0 atom stereocenters. The lowest BCUT2D eigenvalue weighted by Gasteiger charge is -2.09. The number of para-hydroxylation sites is 1. The van der Waals surface area contributed by atoms with Crippen molar-refractivity contribution in [2.75, 3.05) is 5.32 Å². The minimum atomic E-state index is -0.668. The standard InChI is InChI=1S/C19H15NO5/c21-16-10-12(11-17(22)18(16)23)19(24)20-13-6-8-15(9-7-13)25-14-4-2-1-3-5-14/h1-11,21-23H,(H,20,24). The molecule has 6 nitrogen and oxygen atoms in total. The van der Waals surface area contributed by atoms with Gasteiger partial charge in [0.1, 0.15) is 11.5 Å². The van der Waals surface area contributed by atoms with Gasteiger partial charge in [0.05, 0.1) is 0 Å². The Morgan fingerprint density at radius 3 is 1.96 bits per heavy atom. The van der Waals surface area contributed by atoms with Crippen LogP contribution in [0.1, 0.15) is 10.4 Å². The number of rotatable bonds is 4. The zero-order chi connectivity index (χ0) is 17.8. The van der Waals surface area contributed by atoms with Crippen LogP contribution in [-0.2, 0) is 0 Å². The Bertz CT molecular complexity index is 868. The van der Waals surface area contributed by atoms with Gasteiger partial charge in [-0.05, 0) is 48.5 Å². The minimum absolute atomic E-state index is 0.0115. The fourth-order valence-electron chi connectivity index (χ4n) is 2.17. The van der Waals surface area contributed by atoms with E-state index in [2.05, 4.69) is 5.32 Å². The number of carbonyl (C=O) groups is 1. The summed E-state index contributed by atoms with van der Waals surface area (Å²) in [5.41, 5.74) is 0.523. The second-order valence-corrected chi connectivity index (χ2v) is 5.26. The van der Waals surface area contributed by atoms with E-state index in [4.69, 9.17) is 4.74 Å². The van der Waals surface area contributed by atoms with E-state index in [9.17, 15) is 20.1 Å². The minimum Gasteiger partial charge on any atom is -0.504 e. The Balaban J connectivity index is 1.70. The van der Waals surface area contributed by atoms with Crippen LogP contribution < -0.4 is 10.1 Å². The van der Waals surface area contributed by atoms with Crippen LogP contribution in [0.3, 0.4) is 0 Å². The van der Waals surface area contributed by atoms with Crippen LogP contribution in [0.4, 0.5) is 5.69 Å². The molecule has 0 aliphatic rings. The van der Waals surface area contributed by atoms with Crippen LogP contribution in [0.15, 0.2) is 66.7 Å². The number of benzene rings is 3. The predicted octanol–water partition coefficient (Wildman–Crippen LogP) is 3.85. The number of ether oxygens (including phenoxy) is 1. The molecule has 0 heterocycles. The molecule has 126 valence electrons. The molecule has 1 amide bonds. The number of carbonyl (C=O) groups excluding carboxylic acids is 1. The molecule has 0 unspecified atom stereocenters. The maximum atomic E-state index is 12.2. The van der Waals surface area contributed by atoms with Gasteiger partial charge in [0.2, 0.25) is 0 Å². The topological polar surface area (TPSA) is 99.0 Å². The van der Waals surface area contributed by atoms with Gasteiger partial charge < -0.3 is 25.4 Å². The van der Waals surface area contributed by atoms with Gasteiger partial charge in [-0.2, -0.15) is 0 Å². The van der Waals surface area contributed by atoms with Gasteiger partial charge in [0, 0.05) is 11.3 Å². The Morgan fingerprint density at radius 2 is 1.36 bits per heavy atom. The van der Waals surface area contributed by atoms with Crippen molar-refractivity contribution in [3.05, 3.63) is 72.3 Å². The fraction of sp³-hybridized carbons (Fsp3) is 0. The van der Waals surface area contributed by atoms with Crippen molar-refractivity contribution in [3.63, 3.8) is 0 Å². The third-order valence-electron chi connectivity index (χ3n) is 3.42. The molecule has 0 aliphatic heterocycles. The number of nitrogens with one attached hydrogen (secondary N) is 1. The number of hydrogen-bond donors (Lipinski definition) is 4. The van der Waals surface area contributed by atoms with Crippen molar-refractivity contribution in [1.29, 1.82) is 0 Å². The third-order valence-corrected chi connectivity index (χ3v) is 3.42. The molecule has 0 radical (unpaired) electrons. The van der Waals surface area contributed by atoms with Gasteiger partial charge in [-0.25, -0.2) is 0 Å². The second-order valence-electron chi connectivity index (χ2n) is 5.26. The molecule has 0 saturated carbocycles. The highest BCUT2D eigenvalue weighted by molar-refractivity contribution is 6.05. The zero-order valence-corrected chi connectivity index (χ0v) is 13.0. The van der Waals surface area contributed by atoms with E-state index in [1.165, 1.54) is 0 Å². The van der Waals surface area contributed by atoms with Crippen LogP contribution in [0, 0.1) is 0 Å². The number of phenols is 3. The van der Waals surface area contributed by atoms with Gasteiger partial charge in [0.15, 0.2) is 17.2 Å². The van der Waals surface area contributed by atoms with Crippen LogP contribution in [-0.4, -0.2) is 21.2 Å². The molecule has 3 aromatic carbocycles. The molecule has 4 N–H and O–H groups in total. The normalized spacial score (nSPS) is 10.2. The largest absolute Gasteiger partial charge is 0.504 e. The van der Waals surface area contributed by atoms with E-state index in [1.807, 2.05) is 30.3 Å². The van der Waals surface area contributed by atoms with Gasteiger partial charge in [-0.15, -0.1) is 0 Å². The average Bonchev–Trinajstić information content (AvgIpc) is 2.62. The predicted molar refractivity (Wildman–Crippen MR) is 92.3 cm³/mol. The lowest BCUT2D eigenvalue weighted by molar-refractivity contribution is 0.102. The quantitative estimate of drug-likeness (QED) is 0.542. The first-order valence-corrected chi connectivity index (χ1v) is 7.42. The van der Waals surface area contributed by atoms with Crippen molar-refractivity contribution in [2.24, 2.45) is 0 Å². The van der Waals surface area contributed by atoms with E-state index in [-0.39, 0.29) is 5.56 Å². The lowest BCUT2D eigenvalue weighted by atomic mass is 10.1. The van der Waals surface area contributed by atoms with Gasteiger partial charge in [0.25, 0.3) is 5.91 Å². The molecular formula is C19H15NO5. The van der Waals surface area contributed by atoms with Crippen LogP contribution in [0.2, 0.25) is 0 Å². The van der Waals surface area contributed by atoms with Crippen molar-refractivity contribution in [2.45, 2.75) is 0 Å². The lowest BCUT2D eigenvalue weighted by Crippen LogP contribution is -2.11. The van der Waals surface area contributed by atoms with Crippen molar-refractivity contribution < 1.29 is 24.9 Å². The summed E-state index contributed by atoms with van der Waals surface area (Å²) in [4.78, 5) is 12.2. The van der Waals surface area contributed by atoms with Gasteiger partial charge >= 0.3 is 0 Å². The molecule has 0 fully saturated rings. The zero-order valence-electron chi connectivity index (χ0n) is 13.0. The number of phenolic OH excluding ortho intramolecular Hbond substituents is 3. The summed E-state index contributed by atoms with van der Waals surface area (Å²) in [5, 5.41) is 30.9. The third kappa shape index (κ3) is 3.81. The molecular weight excluding hydrogens is 322 g/mol. The summed E-state index contributed by atoms with van der Waals surface area (Å²) < 4.78 is 5.66. The van der Waals surface area contributed by atoms with E-state index in [0.717, 1.165) is 12.1 Å². The summed E-state index contributed by atoms with van der Waals surface area (Å²) in [7, 11) is 0. The first-order valence-electron chi connectivity index (χ1n) is 7.42. The van der Waals surface area contributed by atoms with Crippen LogP contribution in [0.5, 0.6) is 28.7 Å². The van der Waals surface area contributed by atoms with Crippen molar-refractivity contribution >= 4 is 11.6 Å². The summed E-state index contributed by atoms with van der Waals surface area (Å²) in [6, 6.07) is 18.2. The molecule has 0 saturated heterocycles. The fourth-order valence-corrected chi connectivity index (χ4v) is 2.17. The number of anilines is 1. The summed E-state index contributed by atoms with van der Waals surface area (Å²) in [5.74, 6) is -1.03. The molecule has 3 rings (SSSR count). The van der Waals surface area contributed by atoms with Crippen molar-refractivity contribution in [3.8, 4) is 28.7 Å². The number of aromatic hydroxyl groups is 3. The maximum Gasteiger partial charge on any atom is 0.255 e. The molecule has 0 aromatic heterocycles. The Morgan fingerprint density at radius 1 is 0.800 bits per heavy atom. The highest BCUT2D eigenvalue weighted by Crippen LogP contribution is 2.35. The Labute approximate surface area is 143 Å². The van der Waals surface area contributed by atoms with E-state index < -0.39 is 23.2 Å². The van der Waals surface area contributed by atoms with Crippen LogP contribution in [0.25, 0.3) is 0 Å². The summed E-state index contributed by atoms with van der Waals surface area (Å²) in [6.45, 7) is 0. The molecule has 6 heteroatoms. The van der Waals surface area contributed by atoms with Crippen LogP contribution >= 0.6 is 0 Å². The van der Waals surface area contributed by atoms with Crippen molar-refractivity contribution in [1.82, 2.24) is 0 Å². The van der Waals surface area contributed by atoms with E-state index in [0.29, 0.717) is 17.2 Å². The number of hydrogen-bond acceptors (Lipinski definition) is 5. The van der Waals surface area contributed by atoms with E-state index in [1.54, 1.807) is 24.3 Å². The Hall–Kier alpha value is -3.67. The van der Waals surface area contributed by atoms with E-state index >= 15 is 0 Å². The second kappa shape index (κ2) is 6.84. The smallest absolute Gasteiger partial charge is 0.255 e. The highest BCUT2D eigenvalue weighted by Gasteiger charge is 2.13. The molecule has 0 spiro atoms. The summed E-state index contributed by atoms with van der Waals surface area (Å²) >= 11 is 0. The maximum absolute atomic E-state index is 12.2. The van der Waals surface area contributed by atoms with Gasteiger partial charge in [-0.1, -0.05) is 18.2 Å². The monoisotopic (exact) mass is 337 g/mol. The Kier molecular flexibility index (Phi) is 4.43.